The fourth-order valence-corrected chi connectivity index (χ4v) is 1.97. The molecule has 1 aromatic rings. The minimum atomic E-state index is 0.220. The number of thiazole rings is 1. The second-order valence-corrected chi connectivity index (χ2v) is 3.92. The van der Waals surface area contributed by atoms with E-state index in [1.807, 2.05) is 6.92 Å². The first-order valence-corrected chi connectivity index (χ1v) is 5.38. The standard InChI is InChI=1S/C9H16N2OS/c1-3-11(4-5-12)6-9-10-8(2)7-13-9/h7,12H,3-6H2,1-2H3. The monoisotopic (exact) mass is 200 g/mol. The fraction of sp³-hybridized carbons (Fsp3) is 0.667. The molecule has 0 saturated heterocycles. The molecule has 0 unspecified atom stereocenters. The SMILES string of the molecule is CCN(CCO)Cc1nc(C)cs1. The van der Waals surface area contributed by atoms with Crippen LogP contribution in [-0.4, -0.2) is 34.7 Å². The smallest absolute Gasteiger partial charge is 0.107 e. The van der Waals surface area contributed by atoms with Gasteiger partial charge >= 0.3 is 0 Å². The summed E-state index contributed by atoms with van der Waals surface area (Å²) >= 11 is 1.68. The minimum absolute atomic E-state index is 0.220. The van der Waals surface area contributed by atoms with Crippen LogP contribution in [0.15, 0.2) is 5.38 Å². The molecular weight excluding hydrogens is 184 g/mol. The quantitative estimate of drug-likeness (QED) is 0.777. The average molecular weight is 200 g/mol. The first kappa shape index (κ1) is 10.6. The molecule has 0 spiro atoms. The van der Waals surface area contributed by atoms with Crippen LogP contribution in [0.3, 0.4) is 0 Å². The second kappa shape index (κ2) is 5.32. The van der Waals surface area contributed by atoms with Crippen molar-refractivity contribution in [3.05, 3.63) is 16.1 Å². The van der Waals surface area contributed by atoms with Crippen molar-refractivity contribution < 1.29 is 5.11 Å². The lowest BCUT2D eigenvalue weighted by atomic mass is 10.4. The number of nitrogens with zero attached hydrogens (tertiary/aromatic N) is 2. The van der Waals surface area contributed by atoms with E-state index >= 15 is 0 Å². The number of rotatable bonds is 5. The minimum Gasteiger partial charge on any atom is -0.395 e. The predicted octanol–water partition coefficient (Wildman–Crippen LogP) is 1.27. The van der Waals surface area contributed by atoms with Gasteiger partial charge < -0.3 is 5.11 Å². The van der Waals surface area contributed by atoms with Gasteiger partial charge in [0.15, 0.2) is 0 Å². The predicted molar refractivity (Wildman–Crippen MR) is 54.9 cm³/mol. The van der Waals surface area contributed by atoms with Crippen LogP contribution in [0, 0.1) is 6.92 Å². The Balaban J connectivity index is 2.46. The Morgan fingerprint density at radius 3 is 2.85 bits per heavy atom. The number of likely N-dealkylation sites (N-methyl/N-ethyl adjacent to an activating group) is 1. The van der Waals surface area contributed by atoms with Crippen molar-refractivity contribution in [1.82, 2.24) is 9.88 Å². The van der Waals surface area contributed by atoms with E-state index in [0.29, 0.717) is 0 Å². The van der Waals surface area contributed by atoms with Crippen molar-refractivity contribution >= 4 is 11.3 Å². The summed E-state index contributed by atoms with van der Waals surface area (Å²) in [6.07, 6.45) is 0. The maximum atomic E-state index is 8.79. The Hall–Kier alpha value is -0.450. The molecule has 0 aliphatic carbocycles. The highest BCUT2D eigenvalue weighted by Gasteiger charge is 2.05. The van der Waals surface area contributed by atoms with Gasteiger partial charge in [0.25, 0.3) is 0 Å². The van der Waals surface area contributed by atoms with Crippen LogP contribution in [0.1, 0.15) is 17.6 Å². The summed E-state index contributed by atoms with van der Waals surface area (Å²) in [5.41, 5.74) is 1.08. The van der Waals surface area contributed by atoms with Crippen LogP contribution < -0.4 is 0 Å². The highest BCUT2D eigenvalue weighted by molar-refractivity contribution is 7.09. The van der Waals surface area contributed by atoms with Gasteiger partial charge in [0.05, 0.1) is 13.2 Å². The number of aliphatic hydroxyl groups excluding tert-OH is 1. The van der Waals surface area contributed by atoms with Gasteiger partial charge in [0.2, 0.25) is 0 Å². The Morgan fingerprint density at radius 2 is 2.38 bits per heavy atom. The van der Waals surface area contributed by atoms with E-state index in [1.54, 1.807) is 11.3 Å². The summed E-state index contributed by atoms with van der Waals surface area (Å²) in [6, 6.07) is 0. The van der Waals surface area contributed by atoms with Gasteiger partial charge in [0.1, 0.15) is 5.01 Å². The molecule has 0 fully saturated rings. The van der Waals surface area contributed by atoms with Crippen LogP contribution in [0.25, 0.3) is 0 Å². The number of aromatic nitrogens is 1. The molecule has 0 radical (unpaired) electrons. The molecule has 4 heteroatoms. The van der Waals surface area contributed by atoms with E-state index in [0.717, 1.165) is 30.3 Å². The summed E-state index contributed by atoms with van der Waals surface area (Å²) in [6.45, 7) is 6.86. The third-order valence-electron chi connectivity index (χ3n) is 1.89. The lowest BCUT2D eigenvalue weighted by Crippen LogP contribution is -2.25. The zero-order valence-corrected chi connectivity index (χ0v) is 8.97. The molecule has 1 N–H and O–H groups in total. The molecule has 0 aromatic carbocycles. The lowest BCUT2D eigenvalue weighted by molar-refractivity contribution is 0.196. The molecule has 1 rings (SSSR count). The molecule has 1 heterocycles. The van der Waals surface area contributed by atoms with Crippen molar-refractivity contribution in [3.8, 4) is 0 Å². The van der Waals surface area contributed by atoms with Gasteiger partial charge in [-0.3, -0.25) is 4.90 Å². The van der Waals surface area contributed by atoms with Crippen LogP contribution >= 0.6 is 11.3 Å². The first-order chi connectivity index (χ1) is 6.26. The maximum absolute atomic E-state index is 8.79. The van der Waals surface area contributed by atoms with E-state index in [9.17, 15) is 0 Å². The molecule has 0 aliphatic rings. The molecular formula is C9H16N2OS. The van der Waals surface area contributed by atoms with Crippen molar-refractivity contribution in [2.24, 2.45) is 0 Å². The summed E-state index contributed by atoms with van der Waals surface area (Å²) in [7, 11) is 0. The highest BCUT2D eigenvalue weighted by atomic mass is 32.1. The largest absolute Gasteiger partial charge is 0.395 e. The Morgan fingerprint density at radius 1 is 1.62 bits per heavy atom. The van der Waals surface area contributed by atoms with Crippen molar-refractivity contribution in [2.75, 3.05) is 19.7 Å². The number of hydrogen-bond acceptors (Lipinski definition) is 4. The van der Waals surface area contributed by atoms with Crippen molar-refractivity contribution in [1.29, 1.82) is 0 Å². The molecule has 3 nitrogen and oxygen atoms in total. The Labute approximate surface area is 83.0 Å². The lowest BCUT2D eigenvalue weighted by Gasteiger charge is -2.16. The molecule has 0 saturated carbocycles. The van der Waals surface area contributed by atoms with Gasteiger partial charge in [-0.2, -0.15) is 0 Å². The average Bonchev–Trinajstić information content (AvgIpc) is 2.50. The summed E-state index contributed by atoms with van der Waals surface area (Å²) < 4.78 is 0. The Bertz CT molecular complexity index is 250. The zero-order valence-electron chi connectivity index (χ0n) is 8.16. The van der Waals surface area contributed by atoms with Gasteiger partial charge in [-0.1, -0.05) is 6.92 Å². The third kappa shape index (κ3) is 3.42. The molecule has 0 aliphatic heterocycles. The van der Waals surface area contributed by atoms with E-state index in [4.69, 9.17) is 5.11 Å². The van der Waals surface area contributed by atoms with Gasteiger partial charge in [0, 0.05) is 17.6 Å². The van der Waals surface area contributed by atoms with E-state index < -0.39 is 0 Å². The third-order valence-corrected chi connectivity index (χ3v) is 2.84. The van der Waals surface area contributed by atoms with E-state index in [1.165, 1.54) is 0 Å². The topological polar surface area (TPSA) is 36.4 Å². The summed E-state index contributed by atoms with van der Waals surface area (Å²) in [4.78, 5) is 6.55. The van der Waals surface area contributed by atoms with E-state index in [-0.39, 0.29) is 6.61 Å². The fourth-order valence-electron chi connectivity index (χ4n) is 1.16. The van der Waals surface area contributed by atoms with Crippen LogP contribution in [0.5, 0.6) is 0 Å². The molecule has 0 amide bonds. The van der Waals surface area contributed by atoms with Gasteiger partial charge in [-0.15, -0.1) is 11.3 Å². The number of aliphatic hydroxyl groups is 1. The summed E-state index contributed by atoms with van der Waals surface area (Å²) in [5, 5.41) is 12.0. The molecule has 0 bridgehead atoms. The number of hydrogen-bond donors (Lipinski definition) is 1. The zero-order chi connectivity index (χ0) is 9.68. The van der Waals surface area contributed by atoms with Crippen molar-refractivity contribution in [3.63, 3.8) is 0 Å². The van der Waals surface area contributed by atoms with Crippen LogP contribution in [0.4, 0.5) is 0 Å². The molecule has 0 atom stereocenters. The molecule has 74 valence electrons. The number of aryl methyl sites for hydroxylation is 1. The van der Waals surface area contributed by atoms with Crippen LogP contribution in [-0.2, 0) is 6.54 Å². The first-order valence-electron chi connectivity index (χ1n) is 4.50. The normalized spacial score (nSPS) is 11.1. The van der Waals surface area contributed by atoms with Crippen molar-refractivity contribution in [2.45, 2.75) is 20.4 Å². The highest BCUT2D eigenvalue weighted by Crippen LogP contribution is 2.10. The van der Waals surface area contributed by atoms with Gasteiger partial charge in [-0.05, 0) is 13.5 Å². The molecule has 1 aromatic heterocycles. The van der Waals surface area contributed by atoms with E-state index in [2.05, 4.69) is 22.2 Å². The maximum Gasteiger partial charge on any atom is 0.107 e. The summed E-state index contributed by atoms with van der Waals surface area (Å²) in [5.74, 6) is 0. The van der Waals surface area contributed by atoms with Gasteiger partial charge in [-0.25, -0.2) is 4.98 Å². The Kier molecular flexibility index (Phi) is 4.35. The second-order valence-electron chi connectivity index (χ2n) is 2.98. The van der Waals surface area contributed by atoms with Crippen LogP contribution in [0.2, 0.25) is 0 Å². The molecule has 13 heavy (non-hydrogen) atoms.